The van der Waals surface area contributed by atoms with Gasteiger partial charge in [0.05, 0.1) is 0 Å². The van der Waals surface area contributed by atoms with Crippen molar-refractivity contribution in [3.05, 3.63) is 83.9 Å². The van der Waals surface area contributed by atoms with Crippen molar-refractivity contribution in [3.63, 3.8) is 0 Å². The van der Waals surface area contributed by atoms with Crippen LogP contribution < -0.4 is 0 Å². The largest absolute Gasteiger partial charge is 0.161 e. The Morgan fingerprint density at radius 3 is 1.38 bits per heavy atom. The Morgan fingerprint density at radius 2 is 1.05 bits per heavy atom. The van der Waals surface area contributed by atoms with Crippen LogP contribution in [0.1, 0.15) is 22.3 Å². The van der Waals surface area contributed by atoms with Crippen LogP contribution >= 0.6 is 11.8 Å². The minimum absolute atomic E-state index is 1.14. The first-order valence-electron chi connectivity index (χ1n) is 7.32. The molecule has 0 heterocycles. The highest BCUT2D eigenvalue weighted by molar-refractivity contribution is 7.99. The van der Waals surface area contributed by atoms with Gasteiger partial charge < -0.3 is 0 Å². The normalized spacial score (nSPS) is 10.3. The quantitative estimate of drug-likeness (QED) is 0.580. The maximum Gasteiger partial charge on any atom is -0.00269 e. The lowest BCUT2D eigenvalue weighted by Crippen LogP contribution is -1.93. The summed E-state index contributed by atoms with van der Waals surface area (Å²) in [5.74, 6) is 2.36. The van der Waals surface area contributed by atoms with Crippen molar-refractivity contribution in [2.24, 2.45) is 0 Å². The molecule has 0 aliphatic rings. The van der Waals surface area contributed by atoms with Crippen LogP contribution in [-0.4, -0.2) is 11.5 Å². The van der Waals surface area contributed by atoms with E-state index in [1.807, 2.05) is 23.9 Å². The molecule has 0 saturated carbocycles. The van der Waals surface area contributed by atoms with Gasteiger partial charge in [0.25, 0.3) is 0 Å². The summed E-state index contributed by atoms with van der Waals surface area (Å²) in [4.78, 5) is 0. The Morgan fingerprint density at radius 1 is 0.667 bits per heavy atom. The number of aryl methyl sites for hydroxylation is 2. The Kier molecular flexibility index (Phi) is 6.36. The number of hydrogen-bond donors (Lipinski definition) is 0. The molecule has 2 rings (SSSR count). The number of thioether (sulfide) groups is 1. The molecule has 108 valence electrons. The average molecular weight is 294 g/mol. The Labute approximate surface area is 132 Å². The van der Waals surface area contributed by atoms with E-state index in [4.69, 9.17) is 0 Å². The summed E-state index contributed by atoms with van der Waals surface area (Å²) in [5.41, 5.74) is 5.19. The van der Waals surface area contributed by atoms with Gasteiger partial charge in [0.1, 0.15) is 0 Å². The van der Waals surface area contributed by atoms with Crippen LogP contribution in [0.5, 0.6) is 0 Å². The van der Waals surface area contributed by atoms with Crippen molar-refractivity contribution in [1.82, 2.24) is 0 Å². The van der Waals surface area contributed by atoms with E-state index in [1.165, 1.54) is 33.8 Å². The molecule has 2 aromatic rings. The molecule has 0 spiro atoms. The number of rotatable bonds is 8. The van der Waals surface area contributed by atoms with Crippen LogP contribution in [0.3, 0.4) is 0 Å². The fourth-order valence-electron chi connectivity index (χ4n) is 2.12. The predicted octanol–water partition coefficient (Wildman–Crippen LogP) is 5.49. The lowest BCUT2D eigenvalue weighted by molar-refractivity contribution is 1.12. The van der Waals surface area contributed by atoms with Crippen LogP contribution in [0.15, 0.2) is 61.7 Å². The molecule has 0 nitrogen and oxygen atoms in total. The summed E-state index contributed by atoms with van der Waals surface area (Å²) in [6.45, 7) is 7.55. The van der Waals surface area contributed by atoms with E-state index in [2.05, 4.69) is 61.7 Å². The highest BCUT2D eigenvalue weighted by Gasteiger charge is 1.96. The van der Waals surface area contributed by atoms with Crippen LogP contribution in [0.2, 0.25) is 0 Å². The summed E-state index contributed by atoms with van der Waals surface area (Å²) in [6, 6.07) is 17.3. The van der Waals surface area contributed by atoms with Gasteiger partial charge in [-0.3, -0.25) is 0 Å². The van der Waals surface area contributed by atoms with Crippen molar-refractivity contribution < 1.29 is 0 Å². The monoisotopic (exact) mass is 294 g/mol. The van der Waals surface area contributed by atoms with E-state index in [0.717, 1.165) is 12.8 Å². The fourth-order valence-corrected chi connectivity index (χ4v) is 3.09. The Bertz CT molecular complexity index is 510. The highest BCUT2D eigenvalue weighted by Crippen LogP contribution is 2.12. The molecule has 2 aromatic carbocycles. The van der Waals surface area contributed by atoms with Crippen molar-refractivity contribution in [1.29, 1.82) is 0 Å². The van der Waals surface area contributed by atoms with Gasteiger partial charge >= 0.3 is 0 Å². The molecular weight excluding hydrogens is 272 g/mol. The van der Waals surface area contributed by atoms with E-state index in [9.17, 15) is 0 Å². The van der Waals surface area contributed by atoms with Gasteiger partial charge in [-0.05, 0) is 46.6 Å². The van der Waals surface area contributed by atoms with Gasteiger partial charge in [-0.2, -0.15) is 11.8 Å². The SMILES string of the molecule is C=Cc1ccc(CCSCCc2ccc(C=C)cc2)cc1. The molecule has 0 N–H and O–H groups in total. The lowest BCUT2D eigenvalue weighted by atomic mass is 10.1. The minimum atomic E-state index is 1.14. The summed E-state index contributed by atoms with van der Waals surface area (Å²) >= 11 is 2.02. The molecule has 0 aromatic heterocycles. The van der Waals surface area contributed by atoms with E-state index in [-0.39, 0.29) is 0 Å². The molecule has 0 atom stereocenters. The summed E-state index contributed by atoms with van der Waals surface area (Å²) in [5, 5.41) is 0. The van der Waals surface area contributed by atoms with Gasteiger partial charge in [-0.15, -0.1) is 0 Å². The highest BCUT2D eigenvalue weighted by atomic mass is 32.2. The molecule has 1 heteroatoms. The standard InChI is InChI=1S/C20H22S/c1-3-17-5-9-19(10-6-17)13-15-21-16-14-20-11-7-18(4-2)8-12-20/h3-12H,1-2,13-16H2. The van der Waals surface area contributed by atoms with E-state index >= 15 is 0 Å². The number of hydrogen-bond acceptors (Lipinski definition) is 1. The van der Waals surface area contributed by atoms with E-state index in [1.54, 1.807) is 0 Å². The third kappa shape index (κ3) is 5.28. The molecule has 0 radical (unpaired) electrons. The molecule has 0 saturated heterocycles. The first-order chi connectivity index (χ1) is 10.3. The molecule has 0 aliphatic carbocycles. The van der Waals surface area contributed by atoms with Gasteiger partial charge in [-0.1, -0.05) is 73.8 Å². The van der Waals surface area contributed by atoms with E-state index in [0.29, 0.717) is 0 Å². The first kappa shape index (κ1) is 15.7. The molecule has 0 bridgehead atoms. The zero-order valence-corrected chi connectivity index (χ0v) is 13.2. The maximum atomic E-state index is 3.78. The topological polar surface area (TPSA) is 0 Å². The van der Waals surface area contributed by atoms with Gasteiger partial charge in [0, 0.05) is 0 Å². The first-order valence-corrected chi connectivity index (χ1v) is 8.48. The van der Waals surface area contributed by atoms with Crippen molar-refractivity contribution in [2.45, 2.75) is 12.8 Å². The third-order valence-corrected chi connectivity index (χ3v) is 4.49. The minimum Gasteiger partial charge on any atom is -0.161 e. The Balaban J connectivity index is 1.66. The van der Waals surface area contributed by atoms with Crippen LogP contribution in [0, 0.1) is 0 Å². The van der Waals surface area contributed by atoms with Gasteiger partial charge in [0.15, 0.2) is 0 Å². The summed E-state index contributed by atoms with van der Waals surface area (Å²) < 4.78 is 0. The van der Waals surface area contributed by atoms with Crippen molar-refractivity contribution >= 4 is 23.9 Å². The average Bonchev–Trinajstić information content (AvgIpc) is 2.55. The van der Waals surface area contributed by atoms with E-state index < -0.39 is 0 Å². The molecule has 0 amide bonds. The number of benzene rings is 2. The van der Waals surface area contributed by atoms with Gasteiger partial charge in [0.2, 0.25) is 0 Å². The molecular formula is C20H22S. The maximum absolute atomic E-state index is 3.78. The fraction of sp³-hybridized carbons (Fsp3) is 0.200. The Hall–Kier alpha value is -1.73. The second-order valence-electron chi connectivity index (χ2n) is 5.00. The molecule has 21 heavy (non-hydrogen) atoms. The zero-order chi connectivity index (χ0) is 14.9. The zero-order valence-electron chi connectivity index (χ0n) is 12.4. The molecule has 0 fully saturated rings. The van der Waals surface area contributed by atoms with Gasteiger partial charge in [-0.25, -0.2) is 0 Å². The van der Waals surface area contributed by atoms with Crippen molar-refractivity contribution in [3.8, 4) is 0 Å². The second kappa shape index (κ2) is 8.53. The van der Waals surface area contributed by atoms with Crippen molar-refractivity contribution in [2.75, 3.05) is 11.5 Å². The third-order valence-electron chi connectivity index (χ3n) is 3.50. The lowest BCUT2D eigenvalue weighted by Gasteiger charge is -2.04. The predicted molar refractivity (Wildman–Crippen MR) is 97.8 cm³/mol. The molecule has 0 aliphatic heterocycles. The summed E-state index contributed by atoms with van der Waals surface area (Å²) in [7, 11) is 0. The smallest absolute Gasteiger partial charge is 0.00269 e. The second-order valence-corrected chi connectivity index (χ2v) is 6.23. The molecule has 0 unspecified atom stereocenters. The van der Waals surface area contributed by atoms with Crippen LogP contribution in [0.25, 0.3) is 12.2 Å². The summed E-state index contributed by atoms with van der Waals surface area (Å²) in [6.07, 6.45) is 6.04. The van der Waals surface area contributed by atoms with Crippen LogP contribution in [-0.2, 0) is 12.8 Å². The van der Waals surface area contributed by atoms with Crippen LogP contribution in [0.4, 0.5) is 0 Å².